The lowest BCUT2D eigenvalue weighted by molar-refractivity contribution is 0.582. The third kappa shape index (κ3) is 3.38. The van der Waals surface area contributed by atoms with Gasteiger partial charge in [-0.3, -0.25) is 4.98 Å². The summed E-state index contributed by atoms with van der Waals surface area (Å²) in [5.74, 6) is 0. The van der Waals surface area contributed by atoms with E-state index in [1.165, 1.54) is 15.3 Å². The van der Waals surface area contributed by atoms with Gasteiger partial charge in [0.1, 0.15) is 0 Å². The van der Waals surface area contributed by atoms with E-state index in [0.29, 0.717) is 6.04 Å². The van der Waals surface area contributed by atoms with E-state index in [-0.39, 0.29) is 0 Å². The zero-order valence-electron chi connectivity index (χ0n) is 10.3. The van der Waals surface area contributed by atoms with Gasteiger partial charge in [0.25, 0.3) is 0 Å². The van der Waals surface area contributed by atoms with Crippen LogP contribution in [-0.2, 0) is 13.0 Å². The number of nitrogens with zero attached hydrogens (tertiary/aromatic N) is 1. The van der Waals surface area contributed by atoms with Gasteiger partial charge in [-0.1, -0.05) is 6.92 Å². The van der Waals surface area contributed by atoms with Crippen LogP contribution in [0.3, 0.4) is 0 Å². The number of nitrogens with one attached hydrogen (secondary N) is 1. The minimum absolute atomic E-state index is 0.411. The van der Waals surface area contributed by atoms with Gasteiger partial charge in [-0.15, -0.1) is 11.3 Å². The maximum absolute atomic E-state index is 4.02. The van der Waals surface area contributed by atoms with Crippen LogP contribution in [0.2, 0.25) is 0 Å². The Morgan fingerprint density at radius 1 is 1.24 bits per heavy atom. The predicted molar refractivity (Wildman–Crippen MR) is 73.2 cm³/mol. The Morgan fingerprint density at radius 2 is 2.00 bits per heavy atom. The number of aromatic nitrogens is 1. The summed E-state index contributed by atoms with van der Waals surface area (Å²) in [6, 6.07) is 8.96. The molecule has 90 valence electrons. The number of hydrogen-bond acceptors (Lipinski definition) is 3. The molecule has 0 aliphatic heterocycles. The van der Waals surface area contributed by atoms with Crippen LogP contribution in [0, 0.1) is 0 Å². The van der Waals surface area contributed by atoms with Crippen molar-refractivity contribution in [1.29, 1.82) is 0 Å². The van der Waals surface area contributed by atoms with Gasteiger partial charge in [0.05, 0.1) is 0 Å². The van der Waals surface area contributed by atoms with Gasteiger partial charge in [-0.25, -0.2) is 0 Å². The Labute approximate surface area is 107 Å². The molecule has 0 amide bonds. The summed E-state index contributed by atoms with van der Waals surface area (Å²) in [5, 5.41) is 3.54. The average molecular weight is 246 g/mol. The van der Waals surface area contributed by atoms with Gasteiger partial charge in [-0.2, -0.15) is 0 Å². The predicted octanol–water partition coefficient (Wildman–Crippen LogP) is 3.56. The molecule has 0 aliphatic rings. The molecule has 2 rings (SSSR count). The molecule has 17 heavy (non-hydrogen) atoms. The van der Waals surface area contributed by atoms with Gasteiger partial charge in [0.15, 0.2) is 0 Å². The van der Waals surface area contributed by atoms with Crippen LogP contribution >= 0.6 is 11.3 Å². The first-order valence-electron chi connectivity index (χ1n) is 6.00. The fourth-order valence-electron chi connectivity index (χ4n) is 1.69. The van der Waals surface area contributed by atoms with E-state index in [0.717, 1.165) is 13.0 Å². The van der Waals surface area contributed by atoms with E-state index in [9.17, 15) is 0 Å². The molecular formula is C14H18N2S. The molecule has 2 heterocycles. The summed E-state index contributed by atoms with van der Waals surface area (Å²) < 4.78 is 0. The SMILES string of the molecule is CCc1ccc(C(C)NCc2ccncc2)s1. The first-order chi connectivity index (χ1) is 8.29. The fourth-order valence-corrected chi connectivity index (χ4v) is 2.67. The summed E-state index contributed by atoms with van der Waals surface area (Å²) in [6.07, 6.45) is 4.80. The van der Waals surface area contributed by atoms with E-state index in [4.69, 9.17) is 0 Å². The Kier molecular flexibility index (Phi) is 4.29. The van der Waals surface area contributed by atoms with Crippen molar-refractivity contribution < 1.29 is 0 Å². The monoisotopic (exact) mass is 246 g/mol. The molecule has 0 spiro atoms. The highest BCUT2D eigenvalue weighted by Gasteiger charge is 2.07. The van der Waals surface area contributed by atoms with Crippen molar-refractivity contribution in [1.82, 2.24) is 10.3 Å². The second kappa shape index (κ2) is 5.94. The molecule has 0 aromatic carbocycles. The quantitative estimate of drug-likeness (QED) is 0.872. The molecule has 1 atom stereocenters. The summed E-state index contributed by atoms with van der Waals surface area (Å²) >= 11 is 1.90. The smallest absolute Gasteiger partial charge is 0.0388 e. The molecule has 0 bridgehead atoms. The molecule has 0 fully saturated rings. The van der Waals surface area contributed by atoms with Crippen LogP contribution in [0.1, 0.15) is 35.2 Å². The maximum atomic E-state index is 4.02. The van der Waals surface area contributed by atoms with E-state index in [1.54, 1.807) is 0 Å². The summed E-state index contributed by atoms with van der Waals surface area (Å²) in [6.45, 7) is 5.31. The lowest BCUT2D eigenvalue weighted by Gasteiger charge is -2.11. The van der Waals surface area contributed by atoms with E-state index in [1.807, 2.05) is 35.9 Å². The molecular weight excluding hydrogens is 228 g/mol. The van der Waals surface area contributed by atoms with Crippen LogP contribution in [0.15, 0.2) is 36.7 Å². The number of pyridine rings is 1. The Balaban J connectivity index is 1.91. The minimum Gasteiger partial charge on any atom is -0.305 e. The first kappa shape index (κ1) is 12.3. The third-order valence-electron chi connectivity index (χ3n) is 2.82. The van der Waals surface area contributed by atoms with Gasteiger partial charge in [0, 0.05) is 34.7 Å². The standard InChI is InChI=1S/C14H18N2S/c1-3-13-4-5-14(17-13)11(2)16-10-12-6-8-15-9-7-12/h4-9,11,16H,3,10H2,1-2H3. The molecule has 1 unspecified atom stereocenters. The highest BCUT2D eigenvalue weighted by Crippen LogP contribution is 2.23. The van der Waals surface area contributed by atoms with Crippen molar-refractivity contribution in [3.8, 4) is 0 Å². The Morgan fingerprint density at radius 3 is 2.65 bits per heavy atom. The summed E-state index contributed by atoms with van der Waals surface area (Å²) in [5.41, 5.74) is 1.28. The van der Waals surface area contributed by atoms with Gasteiger partial charge in [-0.05, 0) is 43.2 Å². The zero-order chi connectivity index (χ0) is 12.1. The minimum atomic E-state index is 0.411. The van der Waals surface area contributed by atoms with Crippen LogP contribution in [0.4, 0.5) is 0 Å². The van der Waals surface area contributed by atoms with E-state index >= 15 is 0 Å². The van der Waals surface area contributed by atoms with Crippen LogP contribution in [-0.4, -0.2) is 4.98 Å². The van der Waals surface area contributed by atoms with Gasteiger partial charge >= 0.3 is 0 Å². The van der Waals surface area contributed by atoms with Crippen molar-refractivity contribution in [2.75, 3.05) is 0 Å². The number of hydrogen-bond donors (Lipinski definition) is 1. The molecule has 0 aliphatic carbocycles. The highest BCUT2D eigenvalue weighted by molar-refractivity contribution is 7.12. The lowest BCUT2D eigenvalue weighted by Crippen LogP contribution is -2.17. The first-order valence-corrected chi connectivity index (χ1v) is 6.82. The molecule has 0 saturated heterocycles. The zero-order valence-corrected chi connectivity index (χ0v) is 11.1. The van der Waals surface area contributed by atoms with Crippen LogP contribution in [0.5, 0.6) is 0 Å². The van der Waals surface area contributed by atoms with Gasteiger partial charge in [0.2, 0.25) is 0 Å². The molecule has 2 aromatic rings. The summed E-state index contributed by atoms with van der Waals surface area (Å²) in [4.78, 5) is 6.89. The van der Waals surface area contributed by atoms with Crippen LogP contribution < -0.4 is 5.32 Å². The third-order valence-corrected chi connectivity index (χ3v) is 4.23. The summed E-state index contributed by atoms with van der Waals surface area (Å²) in [7, 11) is 0. The molecule has 2 nitrogen and oxygen atoms in total. The molecule has 0 saturated carbocycles. The second-order valence-corrected chi connectivity index (χ2v) is 5.32. The molecule has 1 N–H and O–H groups in total. The molecule has 0 radical (unpaired) electrons. The van der Waals surface area contributed by atoms with Crippen molar-refractivity contribution in [3.05, 3.63) is 52.0 Å². The number of aryl methyl sites for hydroxylation is 1. The van der Waals surface area contributed by atoms with Crippen molar-refractivity contribution in [3.63, 3.8) is 0 Å². The van der Waals surface area contributed by atoms with E-state index in [2.05, 4.69) is 36.3 Å². The van der Waals surface area contributed by atoms with Gasteiger partial charge < -0.3 is 5.32 Å². The highest BCUT2D eigenvalue weighted by atomic mass is 32.1. The average Bonchev–Trinajstić information content (AvgIpc) is 2.86. The number of rotatable bonds is 5. The van der Waals surface area contributed by atoms with Crippen molar-refractivity contribution in [2.45, 2.75) is 32.9 Å². The fraction of sp³-hybridized carbons (Fsp3) is 0.357. The van der Waals surface area contributed by atoms with Crippen molar-refractivity contribution in [2.24, 2.45) is 0 Å². The molecule has 2 aromatic heterocycles. The van der Waals surface area contributed by atoms with E-state index < -0.39 is 0 Å². The lowest BCUT2D eigenvalue weighted by atomic mass is 10.2. The molecule has 3 heteroatoms. The largest absolute Gasteiger partial charge is 0.305 e. The normalized spacial score (nSPS) is 12.6. The topological polar surface area (TPSA) is 24.9 Å². The Bertz CT molecular complexity index is 450. The maximum Gasteiger partial charge on any atom is 0.0388 e. The Hall–Kier alpha value is -1.19. The number of thiophene rings is 1. The second-order valence-electron chi connectivity index (χ2n) is 4.12. The van der Waals surface area contributed by atoms with Crippen molar-refractivity contribution >= 4 is 11.3 Å². The van der Waals surface area contributed by atoms with Crippen LogP contribution in [0.25, 0.3) is 0 Å².